The molecule has 0 atom stereocenters. The highest BCUT2D eigenvalue weighted by Crippen LogP contribution is 2.33. The highest BCUT2D eigenvalue weighted by atomic mass is 32.2. The van der Waals surface area contributed by atoms with Gasteiger partial charge in [-0.1, -0.05) is 0 Å². The van der Waals surface area contributed by atoms with Crippen molar-refractivity contribution >= 4 is 21.4 Å². The van der Waals surface area contributed by atoms with Gasteiger partial charge in [0.2, 0.25) is 0 Å². The second-order valence-electron chi connectivity index (χ2n) is 5.62. The van der Waals surface area contributed by atoms with Crippen LogP contribution in [0.2, 0.25) is 0 Å². The number of nitrogens with one attached hydrogen (secondary N) is 1. The van der Waals surface area contributed by atoms with Gasteiger partial charge in [-0.05, 0) is 49.4 Å². The molecule has 0 bridgehead atoms. The lowest BCUT2D eigenvalue weighted by Crippen LogP contribution is -2.15. The van der Waals surface area contributed by atoms with Gasteiger partial charge in [0.25, 0.3) is 5.91 Å². The molecule has 0 unspecified atom stereocenters. The number of rotatable bonds is 4. The van der Waals surface area contributed by atoms with Gasteiger partial charge in [0.15, 0.2) is 9.84 Å². The minimum atomic E-state index is -4.80. The zero-order valence-electron chi connectivity index (χ0n) is 14.2. The van der Waals surface area contributed by atoms with Crippen LogP contribution in [0.15, 0.2) is 58.3 Å². The maximum atomic E-state index is 13.0. The summed E-state index contributed by atoms with van der Waals surface area (Å²) in [5, 5.41) is 11.5. The van der Waals surface area contributed by atoms with E-state index in [-0.39, 0.29) is 16.2 Å². The van der Waals surface area contributed by atoms with Gasteiger partial charge in [0.05, 0.1) is 22.1 Å². The number of sulfone groups is 1. The number of amides is 1. The Kier molecular flexibility index (Phi) is 5.89. The van der Waals surface area contributed by atoms with E-state index in [2.05, 4.69) is 5.32 Å². The van der Waals surface area contributed by atoms with Crippen LogP contribution in [0, 0.1) is 17.1 Å². The van der Waals surface area contributed by atoms with E-state index >= 15 is 0 Å². The molecule has 1 N–H and O–H groups in total. The number of anilines is 1. The lowest BCUT2D eigenvalue weighted by atomic mass is 10.1. The second-order valence-corrected chi connectivity index (χ2v) is 7.42. The Labute approximate surface area is 157 Å². The average molecular weight is 412 g/mol. The van der Waals surface area contributed by atoms with Crippen molar-refractivity contribution in [1.29, 1.82) is 5.26 Å². The van der Waals surface area contributed by atoms with Crippen molar-refractivity contribution in [3.8, 4) is 6.07 Å². The van der Waals surface area contributed by atoms with E-state index in [1.807, 2.05) is 0 Å². The number of nitrogens with zero attached hydrogens (tertiary/aromatic N) is 1. The Balaban J connectivity index is 2.28. The highest BCUT2D eigenvalue weighted by Gasteiger charge is 2.34. The topological polar surface area (TPSA) is 87.0 Å². The zero-order chi connectivity index (χ0) is 21.1. The van der Waals surface area contributed by atoms with Gasteiger partial charge < -0.3 is 5.32 Å². The lowest BCUT2D eigenvalue weighted by molar-refractivity contribution is -0.137. The van der Waals surface area contributed by atoms with Gasteiger partial charge in [-0.2, -0.15) is 18.4 Å². The Morgan fingerprint density at radius 2 is 1.75 bits per heavy atom. The molecule has 0 aliphatic rings. The molecule has 28 heavy (non-hydrogen) atoms. The molecule has 0 aliphatic heterocycles. The molecule has 0 radical (unpaired) electrons. The fourth-order valence-corrected chi connectivity index (χ4v) is 3.39. The van der Waals surface area contributed by atoms with Crippen LogP contribution in [0.3, 0.4) is 0 Å². The Bertz CT molecular complexity index is 1080. The van der Waals surface area contributed by atoms with Crippen LogP contribution in [0.1, 0.15) is 18.1 Å². The van der Waals surface area contributed by atoms with Crippen molar-refractivity contribution in [3.63, 3.8) is 0 Å². The van der Waals surface area contributed by atoms with Crippen molar-refractivity contribution < 1.29 is 30.8 Å². The number of benzene rings is 2. The van der Waals surface area contributed by atoms with E-state index in [0.29, 0.717) is 11.5 Å². The van der Waals surface area contributed by atoms with Gasteiger partial charge in [0.1, 0.15) is 5.82 Å². The molecule has 2 aromatic carbocycles. The molecule has 146 valence electrons. The molecule has 0 fully saturated rings. The first kappa shape index (κ1) is 21.1. The maximum Gasteiger partial charge on any atom is 0.417 e. The minimum Gasteiger partial charge on any atom is -0.322 e. The van der Waals surface area contributed by atoms with Crippen molar-refractivity contribution in [3.05, 3.63) is 70.4 Å². The maximum absolute atomic E-state index is 13.0. The van der Waals surface area contributed by atoms with Gasteiger partial charge >= 0.3 is 6.18 Å². The smallest absolute Gasteiger partial charge is 0.322 e. The number of hydrogen-bond acceptors (Lipinski definition) is 4. The summed E-state index contributed by atoms with van der Waals surface area (Å²) in [6.45, 7) is 1.16. The van der Waals surface area contributed by atoms with E-state index in [9.17, 15) is 30.8 Å². The van der Waals surface area contributed by atoms with Crippen LogP contribution in [0.4, 0.5) is 23.2 Å². The SMILES string of the molecule is C/C(=C\S(=O)(=O)c1ccc(F)cc1)C(=O)Nc1ccc(C#N)c(C(F)(F)F)c1. The minimum absolute atomic E-state index is 0.251. The first-order valence-electron chi connectivity index (χ1n) is 7.55. The number of halogens is 4. The molecule has 2 rings (SSSR count). The Morgan fingerprint density at radius 1 is 1.14 bits per heavy atom. The average Bonchev–Trinajstić information content (AvgIpc) is 2.60. The summed E-state index contributed by atoms with van der Waals surface area (Å²) in [5.41, 5.74) is -2.41. The van der Waals surface area contributed by atoms with E-state index < -0.39 is 38.9 Å². The third-order valence-electron chi connectivity index (χ3n) is 3.54. The third kappa shape index (κ3) is 4.95. The van der Waals surface area contributed by atoms with Gasteiger partial charge in [0, 0.05) is 16.7 Å². The quantitative estimate of drug-likeness (QED) is 0.467. The first-order valence-corrected chi connectivity index (χ1v) is 9.10. The van der Waals surface area contributed by atoms with Crippen molar-refractivity contribution in [1.82, 2.24) is 0 Å². The first-order chi connectivity index (χ1) is 12.9. The summed E-state index contributed by atoms with van der Waals surface area (Å²) >= 11 is 0. The predicted octanol–water partition coefficient (Wildman–Crippen LogP) is 4.03. The molecule has 0 saturated carbocycles. The molecule has 5 nitrogen and oxygen atoms in total. The van der Waals surface area contributed by atoms with Crippen LogP contribution in [-0.2, 0) is 20.8 Å². The highest BCUT2D eigenvalue weighted by molar-refractivity contribution is 7.94. The molecule has 10 heteroatoms. The summed E-state index contributed by atoms with van der Waals surface area (Å²) < 4.78 is 76.2. The van der Waals surface area contributed by atoms with Crippen LogP contribution >= 0.6 is 0 Å². The number of carbonyl (C=O) groups excluding carboxylic acids is 1. The fraction of sp³-hybridized carbons (Fsp3) is 0.111. The Hall–Kier alpha value is -3.19. The molecule has 1 amide bonds. The third-order valence-corrected chi connectivity index (χ3v) is 5.13. The van der Waals surface area contributed by atoms with Crippen LogP contribution in [0.5, 0.6) is 0 Å². The van der Waals surface area contributed by atoms with Crippen molar-refractivity contribution in [2.75, 3.05) is 5.32 Å². The Morgan fingerprint density at radius 3 is 2.29 bits per heavy atom. The molecule has 0 aliphatic carbocycles. The standard InChI is InChI=1S/C18H12F4N2O3S/c1-11(10-28(26,27)15-6-3-13(19)4-7-15)17(25)24-14-5-2-12(9-23)16(8-14)18(20,21)22/h2-8,10H,1H3,(H,24,25)/b11-10+. The van der Waals surface area contributed by atoms with Gasteiger partial charge in [-0.15, -0.1) is 0 Å². The van der Waals surface area contributed by atoms with E-state index in [4.69, 9.17) is 5.26 Å². The summed E-state index contributed by atoms with van der Waals surface area (Å²) in [5.74, 6) is -1.60. The van der Waals surface area contributed by atoms with Crippen molar-refractivity contribution in [2.45, 2.75) is 18.0 Å². The fourth-order valence-electron chi connectivity index (χ4n) is 2.16. The van der Waals surface area contributed by atoms with Crippen molar-refractivity contribution in [2.24, 2.45) is 0 Å². The summed E-state index contributed by atoms with van der Waals surface area (Å²) in [6, 6.07) is 7.88. The normalized spacial score (nSPS) is 12.4. The monoisotopic (exact) mass is 412 g/mol. The number of alkyl halides is 3. The van der Waals surface area contributed by atoms with Crippen LogP contribution in [-0.4, -0.2) is 14.3 Å². The van der Waals surface area contributed by atoms with Gasteiger partial charge in [-0.3, -0.25) is 4.79 Å². The second kappa shape index (κ2) is 7.82. The summed E-state index contributed by atoms with van der Waals surface area (Å²) in [7, 11) is -4.07. The molecule has 0 heterocycles. The lowest BCUT2D eigenvalue weighted by Gasteiger charge is -2.12. The predicted molar refractivity (Wildman–Crippen MR) is 92.1 cm³/mol. The molecule has 0 spiro atoms. The molecular weight excluding hydrogens is 400 g/mol. The number of nitriles is 1. The summed E-state index contributed by atoms with van der Waals surface area (Å²) in [6.07, 6.45) is -4.80. The number of hydrogen-bond donors (Lipinski definition) is 1. The van der Waals surface area contributed by atoms with E-state index in [1.54, 1.807) is 0 Å². The van der Waals surface area contributed by atoms with Gasteiger partial charge in [-0.25, -0.2) is 12.8 Å². The van der Waals surface area contributed by atoms with E-state index in [1.165, 1.54) is 6.07 Å². The van der Waals surface area contributed by atoms with E-state index in [0.717, 1.165) is 43.3 Å². The largest absolute Gasteiger partial charge is 0.417 e. The van der Waals surface area contributed by atoms with Crippen LogP contribution < -0.4 is 5.32 Å². The molecule has 2 aromatic rings. The number of carbonyl (C=O) groups is 1. The van der Waals surface area contributed by atoms with Crippen LogP contribution in [0.25, 0.3) is 0 Å². The zero-order valence-corrected chi connectivity index (χ0v) is 15.0. The molecular formula is C18H12F4N2O3S. The molecule has 0 saturated heterocycles. The molecule has 0 aromatic heterocycles. The summed E-state index contributed by atoms with van der Waals surface area (Å²) in [4.78, 5) is 11.9.